The number of amides is 1. The van der Waals surface area contributed by atoms with Crippen LogP contribution in [0.2, 0.25) is 0 Å². The second-order valence-corrected chi connectivity index (χ2v) is 5.50. The number of carbonyl (C=O) groups is 1. The van der Waals surface area contributed by atoms with Gasteiger partial charge in [-0.25, -0.2) is 0 Å². The summed E-state index contributed by atoms with van der Waals surface area (Å²) >= 11 is 0. The molecule has 0 aliphatic rings. The number of carbonyl (C=O) groups excluding carboxylic acids is 1. The number of hydrogen-bond acceptors (Lipinski definition) is 3. The maximum Gasteiger partial charge on any atom is 0.243 e. The van der Waals surface area contributed by atoms with Crippen molar-refractivity contribution in [2.75, 3.05) is 23.8 Å². The summed E-state index contributed by atoms with van der Waals surface area (Å²) in [4.78, 5) is 12.0. The molecule has 1 amide bonds. The van der Waals surface area contributed by atoms with Crippen molar-refractivity contribution < 1.29 is 9.53 Å². The molecule has 0 saturated heterocycles. The van der Waals surface area contributed by atoms with Crippen molar-refractivity contribution in [3.8, 4) is 5.75 Å². The third kappa shape index (κ3) is 6.02. The van der Waals surface area contributed by atoms with Gasteiger partial charge < -0.3 is 15.4 Å². The topological polar surface area (TPSA) is 50.4 Å². The predicted molar refractivity (Wildman–Crippen MR) is 95.1 cm³/mol. The lowest BCUT2D eigenvalue weighted by molar-refractivity contribution is -0.114. The SMILES string of the molecule is CCCCOc1cccc(NCC(=O)Nc2ccc(C)cc2)c1. The zero-order chi connectivity index (χ0) is 16.5. The molecule has 0 spiro atoms. The normalized spacial score (nSPS) is 10.2. The largest absolute Gasteiger partial charge is 0.494 e. The zero-order valence-electron chi connectivity index (χ0n) is 13.8. The van der Waals surface area contributed by atoms with Crippen molar-refractivity contribution >= 4 is 17.3 Å². The van der Waals surface area contributed by atoms with Gasteiger partial charge in [-0.05, 0) is 37.6 Å². The molecule has 0 radical (unpaired) electrons. The Kier molecular flexibility index (Phi) is 6.48. The van der Waals surface area contributed by atoms with E-state index in [0.29, 0.717) is 6.61 Å². The van der Waals surface area contributed by atoms with Crippen molar-refractivity contribution in [3.05, 3.63) is 54.1 Å². The van der Waals surface area contributed by atoms with Crippen molar-refractivity contribution in [2.24, 2.45) is 0 Å². The van der Waals surface area contributed by atoms with E-state index in [-0.39, 0.29) is 12.5 Å². The fourth-order valence-corrected chi connectivity index (χ4v) is 2.05. The molecule has 0 aliphatic heterocycles. The van der Waals surface area contributed by atoms with Crippen molar-refractivity contribution in [3.63, 3.8) is 0 Å². The Morgan fingerprint density at radius 1 is 1.09 bits per heavy atom. The van der Waals surface area contributed by atoms with Crippen LogP contribution in [-0.2, 0) is 4.79 Å². The molecule has 122 valence electrons. The molecule has 4 heteroatoms. The summed E-state index contributed by atoms with van der Waals surface area (Å²) in [7, 11) is 0. The average Bonchev–Trinajstić information content (AvgIpc) is 2.56. The first-order chi connectivity index (χ1) is 11.2. The van der Waals surface area contributed by atoms with E-state index in [1.807, 2.05) is 55.5 Å². The first-order valence-electron chi connectivity index (χ1n) is 8.00. The van der Waals surface area contributed by atoms with Gasteiger partial charge in [0, 0.05) is 17.4 Å². The van der Waals surface area contributed by atoms with Gasteiger partial charge in [0.15, 0.2) is 0 Å². The first kappa shape index (κ1) is 16.9. The highest BCUT2D eigenvalue weighted by Gasteiger charge is 2.03. The van der Waals surface area contributed by atoms with Gasteiger partial charge in [0.05, 0.1) is 13.2 Å². The first-order valence-corrected chi connectivity index (χ1v) is 8.00. The molecule has 4 nitrogen and oxygen atoms in total. The van der Waals surface area contributed by atoms with E-state index in [9.17, 15) is 4.79 Å². The fourth-order valence-electron chi connectivity index (χ4n) is 2.05. The maximum atomic E-state index is 12.0. The minimum atomic E-state index is -0.0776. The quantitative estimate of drug-likeness (QED) is 0.717. The molecule has 0 heterocycles. The van der Waals surface area contributed by atoms with Crippen LogP contribution in [0.1, 0.15) is 25.3 Å². The number of rotatable bonds is 8. The van der Waals surface area contributed by atoms with Gasteiger partial charge >= 0.3 is 0 Å². The van der Waals surface area contributed by atoms with Gasteiger partial charge in [-0.2, -0.15) is 0 Å². The molecule has 2 rings (SSSR count). The van der Waals surface area contributed by atoms with Crippen LogP contribution in [0.4, 0.5) is 11.4 Å². The van der Waals surface area contributed by atoms with Gasteiger partial charge in [0.1, 0.15) is 5.75 Å². The van der Waals surface area contributed by atoms with Crippen LogP contribution >= 0.6 is 0 Å². The predicted octanol–water partition coefficient (Wildman–Crippen LogP) is 4.22. The highest BCUT2D eigenvalue weighted by Crippen LogP contribution is 2.17. The summed E-state index contributed by atoms with van der Waals surface area (Å²) in [6, 6.07) is 15.4. The van der Waals surface area contributed by atoms with Gasteiger partial charge in [-0.3, -0.25) is 4.79 Å². The van der Waals surface area contributed by atoms with E-state index in [0.717, 1.165) is 30.0 Å². The number of unbranched alkanes of at least 4 members (excludes halogenated alkanes) is 1. The Morgan fingerprint density at radius 3 is 2.61 bits per heavy atom. The van der Waals surface area contributed by atoms with E-state index in [4.69, 9.17) is 4.74 Å². The lowest BCUT2D eigenvalue weighted by Crippen LogP contribution is -2.21. The summed E-state index contributed by atoms with van der Waals surface area (Å²) in [5.74, 6) is 0.744. The Labute approximate surface area is 137 Å². The molecule has 0 aromatic heterocycles. The van der Waals surface area contributed by atoms with Crippen molar-refractivity contribution in [1.82, 2.24) is 0 Å². The number of aryl methyl sites for hydroxylation is 1. The van der Waals surface area contributed by atoms with Crippen LogP contribution in [0, 0.1) is 6.92 Å². The lowest BCUT2D eigenvalue weighted by Gasteiger charge is -2.10. The van der Waals surface area contributed by atoms with Gasteiger partial charge in [-0.1, -0.05) is 37.1 Å². The number of ether oxygens (including phenoxy) is 1. The molecule has 0 bridgehead atoms. The number of benzene rings is 2. The van der Waals surface area contributed by atoms with E-state index in [1.54, 1.807) is 0 Å². The second kappa shape index (κ2) is 8.83. The molecule has 0 atom stereocenters. The molecule has 0 saturated carbocycles. The van der Waals surface area contributed by atoms with E-state index in [2.05, 4.69) is 17.6 Å². The monoisotopic (exact) mass is 312 g/mol. The highest BCUT2D eigenvalue weighted by atomic mass is 16.5. The fraction of sp³-hybridized carbons (Fsp3) is 0.316. The van der Waals surface area contributed by atoms with Gasteiger partial charge in [0.25, 0.3) is 0 Å². The summed E-state index contributed by atoms with van der Waals surface area (Å²) in [5.41, 5.74) is 2.85. The number of nitrogens with one attached hydrogen (secondary N) is 2. The average molecular weight is 312 g/mol. The van der Waals surface area contributed by atoms with Crippen LogP contribution in [-0.4, -0.2) is 19.1 Å². The molecular weight excluding hydrogens is 288 g/mol. The third-order valence-electron chi connectivity index (χ3n) is 3.39. The molecular formula is C19H24N2O2. The molecule has 23 heavy (non-hydrogen) atoms. The van der Waals surface area contributed by atoms with E-state index in [1.165, 1.54) is 5.56 Å². The van der Waals surface area contributed by atoms with E-state index < -0.39 is 0 Å². The molecule has 2 N–H and O–H groups in total. The van der Waals surface area contributed by atoms with Crippen molar-refractivity contribution in [2.45, 2.75) is 26.7 Å². The van der Waals surface area contributed by atoms with Crippen LogP contribution in [0.3, 0.4) is 0 Å². The van der Waals surface area contributed by atoms with Crippen molar-refractivity contribution in [1.29, 1.82) is 0 Å². The van der Waals surface area contributed by atoms with Crippen LogP contribution in [0.25, 0.3) is 0 Å². The lowest BCUT2D eigenvalue weighted by atomic mass is 10.2. The van der Waals surface area contributed by atoms with Crippen LogP contribution in [0.15, 0.2) is 48.5 Å². The third-order valence-corrected chi connectivity index (χ3v) is 3.39. The van der Waals surface area contributed by atoms with Gasteiger partial charge in [-0.15, -0.1) is 0 Å². The second-order valence-electron chi connectivity index (χ2n) is 5.50. The highest BCUT2D eigenvalue weighted by molar-refractivity contribution is 5.93. The Balaban J connectivity index is 1.81. The number of hydrogen-bond donors (Lipinski definition) is 2. The van der Waals surface area contributed by atoms with Crippen LogP contribution in [0.5, 0.6) is 5.75 Å². The van der Waals surface area contributed by atoms with E-state index >= 15 is 0 Å². The minimum absolute atomic E-state index is 0.0776. The Morgan fingerprint density at radius 2 is 1.87 bits per heavy atom. The molecule has 0 fully saturated rings. The zero-order valence-corrected chi connectivity index (χ0v) is 13.8. The molecule has 0 aliphatic carbocycles. The summed E-state index contributed by atoms with van der Waals surface area (Å²) < 4.78 is 5.66. The smallest absolute Gasteiger partial charge is 0.243 e. The Bertz CT molecular complexity index is 624. The summed E-state index contributed by atoms with van der Waals surface area (Å²) in [6.07, 6.45) is 2.15. The van der Waals surface area contributed by atoms with Gasteiger partial charge in [0.2, 0.25) is 5.91 Å². The molecule has 2 aromatic carbocycles. The van der Waals surface area contributed by atoms with Crippen LogP contribution < -0.4 is 15.4 Å². The minimum Gasteiger partial charge on any atom is -0.494 e. The molecule has 2 aromatic rings. The summed E-state index contributed by atoms with van der Waals surface area (Å²) in [5, 5.41) is 5.98. The summed E-state index contributed by atoms with van der Waals surface area (Å²) in [6.45, 7) is 5.08. The molecule has 0 unspecified atom stereocenters. The Hall–Kier alpha value is -2.49. The standard InChI is InChI=1S/C19H24N2O2/c1-3-4-12-23-18-7-5-6-17(13-18)20-14-19(22)21-16-10-8-15(2)9-11-16/h5-11,13,20H,3-4,12,14H2,1-2H3,(H,21,22). The maximum absolute atomic E-state index is 12.0. The number of anilines is 2.